The molecule has 1 aliphatic rings. The van der Waals surface area contributed by atoms with Crippen molar-refractivity contribution in [1.29, 1.82) is 0 Å². The SMILES string of the molecule is COc1cccc(N2CCC(C(C)N)C2)n1. The molecule has 2 rings (SSSR count). The fourth-order valence-corrected chi connectivity index (χ4v) is 2.12. The lowest BCUT2D eigenvalue weighted by molar-refractivity contribution is 0.398. The van der Waals surface area contributed by atoms with Gasteiger partial charge in [0.05, 0.1) is 7.11 Å². The van der Waals surface area contributed by atoms with Gasteiger partial charge in [0.1, 0.15) is 5.82 Å². The Bertz CT molecular complexity index is 354. The Hall–Kier alpha value is -1.29. The van der Waals surface area contributed by atoms with Gasteiger partial charge in [-0.3, -0.25) is 0 Å². The van der Waals surface area contributed by atoms with E-state index in [-0.39, 0.29) is 6.04 Å². The highest BCUT2D eigenvalue weighted by Crippen LogP contribution is 2.24. The first-order valence-corrected chi connectivity index (χ1v) is 5.72. The van der Waals surface area contributed by atoms with Crippen LogP contribution in [-0.4, -0.2) is 31.2 Å². The topological polar surface area (TPSA) is 51.4 Å². The zero-order valence-electron chi connectivity index (χ0n) is 9.89. The normalized spacial score (nSPS) is 22.2. The molecule has 0 amide bonds. The molecule has 0 saturated carbocycles. The van der Waals surface area contributed by atoms with Crippen molar-refractivity contribution in [3.8, 4) is 5.88 Å². The van der Waals surface area contributed by atoms with Gasteiger partial charge in [0.25, 0.3) is 0 Å². The molecule has 0 aliphatic carbocycles. The molecule has 88 valence electrons. The monoisotopic (exact) mass is 221 g/mol. The summed E-state index contributed by atoms with van der Waals surface area (Å²) in [5, 5.41) is 0. The lowest BCUT2D eigenvalue weighted by Crippen LogP contribution is -2.29. The van der Waals surface area contributed by atoms with E-state index in [1.165, 1.54) is 0 Å². The summed E-state index contributed by atoms with van der Waals surface area (Å²) >= 11 is 0. The minimum Gasteiger partial charge on any atom is -0.481 e. The smallest absolute Gasteiger partial charge is 0.214 e. The average Bonchev–Trinajstić information content (AvgIpc) is 2.78. The van der Waals surface area contributed by atoms with E-state index in [1.807, 2.05) is 18.2 Å². The molecule has 0 bridgehead atoms. The van der Waals surface area contributed by atoms with Gasteiger partial charge in [-0.25, -0.2) is 0 Å². The predicted octanol–water partition coefficient (Wildman–Crippen LogP) is 1.26. The van der Waals surface area contributed by atoms with Crippen LogP contribution >= 0.6 is 0 Å². The van der Waals surface area contributed by atoms with E-state index in [9.17, 15) is 0 Å². The van der Waals surface area contributed by atoms with Crippen molar-refractivity contribution >= 4 is 5.82 Å². The van der Waals surface area contributed by atoms with Gasteiger partial charge in [0, 0.05) is 25.2 Å². The Morgan fingerprint density at radius 1 is 1.56 bits per heavy atom. The second kappa shape index (κ2) is 4.70. The van der Waals surface area contributed by atoms with Gasteiger partial charge < -0.3 is 15.4 Å². The number of rotatable bonds is 3. The van der Waals surface area contributed by atoms with Crippen LogP contribution in [0.25, 0.3) is 0 Å². The summed E-state index contributed by atoms with van der Waals surface area (Å²) in [6.07, 6.45) is 1.15. The van der Waals surface area contributed by atoms with Gasteiger partial charge in [-0.1, -0.05) is 6.07 Å². The minimum absolute atomic E-state index is 0.260. The van der Waals surface area contributed by atoms with Crippen molar-refractivity contribution in [1.82, 2.24) is 4.98 Å². The number of ether oxygens (including phenoxy) is 1. The Balaban J connectivity index is 2.08. The molecule has 1 aromatic heterocycles. The average molecular weight is 221 g/mol. The maximum absolute atomic E-state index is 5.92. The lowest BCUT2D eigenvalue weighted by atomic mass is 10.0. The van der Waals surface area contributed by atoms with Crippen molar-refractivity contribution in [3.63, 3.8) is 0 Å². The third-order valence-electron chi connectivity index (χ3n) is 3.21. The van der Waals surface area contributed by atoms with Crippen molar-refractivity contribution in [2.24, 2.45) is 11.7 Å². The predicted molar refractivity (Wildman–Crippen MR) is 64.8 cm³/mol. The second-order valence-corrected chi connectivity index (χ2v) is 4.39. The van der Waals surface area contributed by atoms with Gasteiger partial charge in [-0.15, -0.1) is 0 Å². The Morgan fingerprint density at radius 3 is 3.00 bits per heavy atom. The van der Waals surface area contributed by atoms with Crippen molar-refractivity contribution < 1.29 is 4.74 Å². The van der Waals surface area contributed by atoms with Gasteiger partial charge in [-0.2, -0.15) is 4.98 Å². The number of anilines is 1. The van der Waals surface area contributed by atoms with Crippen molar-refractivity contribution in [3.05, 3.63) is 18.2 Å². The molecule has 4 heteroatoms. The number of aromatic nitrogens is 1. The Morgan fingerprint density at radius 2 is 2.38 bits per heavy atom. The summed E-state index contributed by atoms with van der Waals surface area (Å²) in [6, 6.07) is 6.12. The number of nitrogens with zero attached hydrogens (tertiary/aromatic N) is 2. The van der Waals surface area contributed by atoms with E-state index in [1.54, 1.807) is 7.11 Å². The molecule has 1 fully saturated rings. The Labute approximate surface area is 96.4 Å². The molecule has 2 heterocycles. The molecule has 0 spiro atoms. The molecular formula is C12H19N3O. The van der Waals surface area contributed by atoms with E-state index < -0.39 is 0 Å². The number of pyridine rings is 1. The molecule has 1 aromatic rings. The number of hydrogen-bond donors (Lipinski definition) is 1. The molecule has 16 heavy (non-hydrogen) atoms. The summed E-state index contributed by atoms with van der Waals surface area (Å²) in [4.78, 5) is 6.70. The van der Waals surface area contributed by atoms with Crippen LogP contribution in [0.4, 0.5) is 5.82 Å². The van der Waals surface area contributed by atoms with Crippen LogP contribution in [0, 0.1) is 5.92 Å². The highest BCUT2D eigenvalue weighted by atomic mass is 16.5. The van der Waals surface area contributed by atoms with E-state index >= 15 is 0 Å². The number of methoxy groups -OCH3 is 1. The standard InChI is InChI=1S/C12H19N3O/c1-9(13)10-6-7-15(8-10)11-4-3-5-12(14-11)16-2/h3-5,9-10H,6-8,13H2,1-2H3. The van der Waals surface area contributed by atoms with Gasteiger partial charge in [0.2, 0.25) is 5.88 Å². The molecule has 2 N–H and O–H groups in total. The molecule has 0 aromatic carbocycles. The molecule has 1 saturated heterocycles. The van der Waals surface area contributed by atoms with Crippen LogP contribution in [0.3, 0.4) is 0 Å². The van der Waals surface area contributed by atoms with Gasteiger partial charge >= 0.3 is 0 Å². The highest BCUT2D eigenvalue weighted by Gasteiger charge is 2.25. The zero-order valence-corrected chi connectivity index (χ0v) is 9.89. The maximum atomic E-state index is 5.92. The molecule has 2 unspecified atom stereocenters. The molecule has 4 nitrogen and oxygen atoms in total. The largest absolute Gasteiger partial charge is 0.481 e. The maximum Gasteiger partial charge on any atom is 0.214 e. The van der Waals surface area contributed by atoms with E-state index in [0.717, 1.165) is 25.3 Å². The third-order valence-corrected chi connectivity index (χ3v) is 3.21. The number of hydrogen-bond acceptors (Lipinski definition) is 4. The summed E-state index contributed by atoms with van der Waals surface area (Å²) in [6.45, 7) is 4.11. The van der Waals surface area contributed by atoms with Gasteiger partial charge in [-0.05, 0) is 25.3 Å². The first-order valence-electron chi connectivity index (χ1n) is 5.72. The summed E-state index contributed by atoms with van der Waals surface area (Å²) < 4.78 is 5.13. The molecule has 1 aliphatic heterocycles. The minimum atomic E-state index is 0.260. The van der Waals surface area contributed by atoms with Crippen LogP contribution in [0.2, 0.25) is 0 Å². The van der Waals surface area contributed by atoms with Gasteiger partial charge in [0.15, 0.2) is 0 Å². The van der Waals surface area contributed by atoms with Crippen LogP contribution in [0.1, 0.15) is 13.3 Å². The third kappa shape index (κ3) is 2.27. The van der Waals surface area contributed by atoms with Crippen LogP contribution in [0.15, 0.2) is 18.2 Å². The fraction of sp³-hybridized carbons (Fsp3) is 0.583. The summed E-state index contributed by atoms with van der Waals surface area (Å²) in [5.41, 5.74) is 5.92. The van der Waals surface area contributed by atoms with Crippen LogP contribution in [0.5, 0.6) is 5.88 Å². The quantitative estimate of drug-likeness (QED) is 0.835. The van der Waals surface area contributed by atoms with Crippen molar-refractivity contribution in [2.75, 3.05) is 25.1 Å². The second-order valence-electron chi connectivity index (χ2n) is 4.39. The van der Waals surface area contributed by atoms with E-state index in [0.29, 0.717) is 11.8 Å². The summed E-state index contributed by atoms with van der Waals surface area (Å²) in [5.74, 6) is 2.23. The van der Waals surface area contributed by atoms with Crippen LogP contribution in [-0.2, 0) is 0 Å². The molecule has 0 radical (unpaired) electrons. The zero-order chi connectivity index (χ0) is 11.5. The molecule has 2 atom stereocenters. The summed E-state index contributed by atoms with van der Waals surface area (Å²) in [7, 11) is 1.64. The van der Waals surface area contributed by atoms with E-state index in [4.69, 9.17) is 10.5 Å². The lowest BCUT2D eigenvalue weighted by Gasteiger charge is -2.19. The fourth-order valence-electron chi connectivity index (χ4n) is 2.12. The van der Waals surface area contributed by atoms with Crippen LogP contribution < -0.4 is 15.4 Å². The van der Waals surface area contributed by atoms with E-state index in [2.05, 4.69) is 16.8 Å². The van der Waals surface area contributed by atoms with Crippen molar-refractivity contribution in [2.45, 2.75) is 19.4 Å². The Kier molecular flexibility index (Phi) is 3.29. The first kappa shape index (κ1) is 11.2. The first-order chi connectivity index (χ1) is 7.70. The highest BCUT2D eigenvalue weighted by molar-refractivity contribution is 5.41. The number of nitrogens with two attached hydrogens (primary N) is 1. The molecular weight excluding hydrogens is 202 g/mol.